The van der Waals surface area contributed by atoms with Crippen LogP contribution in [0.3, 0.4) is 0 Å². The van der Waals surface area contributed by atoms with Gasteiger partial charge in [-0.05, 0) is 97.5 Å². The number of esters is 1. The number of thioether (sulfide) groups is 1. The Hall–Kier alpha value is -6.43. The average molecular weight is 1170 g/mol. The number of hydrogen-bond acceptors (Lipinski definition) is 18. The minimum Gasteiger partial charge on any atom is -0.493 e. The Morgan fingerprint density at radius 2 is 1.48 bits per heavy atom. The highest BCUT2D eigenvalue weighted by atomic mass is 32.2. The molecule has 3 atom stereocenters. The van der Waals surface area contributed by atoms with E-state index in [1.807, 2.05) is 31.2 Å². The quantitative estimate of drug-likeness (QED) is 0.0272. The predicted molar refractivity (Wildman–Crippen MR) is 294 cm³/mol. The zero-order chi connectivity index (χ0) is 58.5. The maximum Gasteiger partial charge on any atom is 0.420 e. The number of aromatic nitrogens is 1. The minimum absolute atomic E-state index is 0.0255. The van der Waals surface area contributed by atoms with Crippen molar-refractivity contribution < 1.29 is 80.1 Å². The molecule has 3 aromatic carbocycles. The first-order valence-electron chi connectivity index (χ1n) is 26.3. The van der Waals surface area contributed by atoms with E-state index in [-0.39, 0.29) is 74.5 Å². The fraction of sp³-hybridized carbons (Fsp3) is 0.491. The van der Waals surface area contributed by atoms with E-state index in [9.17, 15) is 42.3 Å². The number of rotatable bonds is 31. The Morgan fingerprint density at radius 3 is 2.09 bits per heavy atom. The normalized spacial score (nSPS) is 16.5. The molecule has 0 bridgehead atoms. The van der Waals surface area contributed by atoms with Crippen molar-refractivity contribution >= 4 is 58.1 Å². The highest BCUT2D eigenvalue weighted by Gasteiger charge is 2.46. The van der Waals surface area contributed by atoms with Crippen LogP contribution < -0.4 is 14.8 Å². The minimum atomic E-state index is -4.78. The Bertz CT molecular complexity index is 2840. The van der Waals surface area contributed by atoms with Gasteiger partial charge in [0.15, 0.2) is 17.6 Å². The van der Waals surface area contributed by atoms with E-state index in [0.717, 1.165) is 70.1 Å². The van der Waals surface area contributed by atoms with E-state index in [4.69, 9.17) is 43.2 Å². The van der Waals surface area contributed by atoms with Gasteiger partial charge in [0, 0.05) is 51.4 Å². The second-order valence-corrected chi connectivity index (χ2v) is 21.7. The molecule has 0 aliphatic carbocycles. The molecule has 0 saturated carbocycles. The summed E-state index contributed by atoms with van der Waals surface area (Å²) < 4.78 is 85.6. The topological polar surface area (TPSA) is 235 Å². The van der Waals surface area contributed by atoms with Crippen molar-refractivity contribution in [3.8, 4) is 33.8 Å². The van der Waals surface area contributed by atoms with Crippen molar-refractivity contribution in [2.24, 2.45) is 5.41 Å². The lowest BCUT2D eigenvalue weighted by atomic mass is 9.88. The first kappa shape index (κ1) is 63.7. The van der Waals surface area contributed by atoms with Gasteiger partial charge < -0.3 is 53.2 Å². The molecule has 2 fully saturated rings. The molecule has 438 valence electrons. The van der Waals surface area contributed by atoms with Gasteiger partial charge in [-0.1, -0.05) is 51.1 Å². The third kappa shape index (κ3) is 19.3. The molecule has 2 saturated heterocycles. The van der Waals surface area contributed by atoms with Gasteiger partial charge in [-0.2, -0.15) is 18.4 Å². The number of carbonyl (C=O) groups is 5. The van der Waals surface area contributed by atoms with E-state index < -0.39 is 76.7 Å². The number of halogens is 3. The first-order chi connectivity index (χ1) is 38.8. The van der Waals surface area contributed by atoms with Gasteiger partial charge in [0.1, 0.15) is 18.4 Å². The Balaban J connectivity index is 0.754. The molecule has 3 heterocycles. The number of hydrogen-bond donors (Lipinski definition) is 2. The monoisotopic (exact) mass is 1170 g/mol. The van der Waals surface area contributed by atoms with Gasteiger partial charge in [-0.3, -0.25) is 24.1 Å². The maximum absolute atomic E-state index is 13.9. The number of unbranched alkanes of at least 4 members (excludes halogenated alkanes) is 2. The fourth-order valence-corrected chi connectivity index (χ4v) is 10.1. The Morgan fingerprint density at radius 1 is 0.852 bits per heavy atom. The van der Waals surface area contributed by atoms with Crippen LogP contribution in [0.5, 0.6) is 17.2 Å². The number of ether oxygens (including phenoxy) is 8. The van der Waals surface area contributed by atoms with Crippen LogP contribution in [-0.2, 0) is 60.3 Å². The number of carbonyl (C=O) groups excluding carboxylic acids is 5. The zero-order valence-electron chi connectivity index (χ0n) is 45.9. The molecular formula is C57H68F3N5O14S2. The number of nitriles is 1. The standard InChI is InChI=1S/C57H68F3N5O14S2/c1-37-50(80-36-63-37)41-14-10-38(11-15-41)33-62-52(68)44-31-42(66)34-65(44)54(70)51(56(2,3)4)79-49(67)35-77-27-26-75-22-9-7-20-73-19-6-8-21-74-24-25-76-23-18-64-53(69)48(81-55(64)71)30-39-12-17-46(47(29-39)72-5)78-45-16-13-40(32-61)28-43(45)57(58,59)60/h10-17,28-30,36,42,44,51,66H,6-9,18-27,31,33-35H2,1-5H3,(H,62,68)/b48-30-/t42-,44?,51-/m1/s1. The van der Waals surface area contributed by atoms with Crippen LogP contribution in [0.25, 0.3) is 16.5 Å². The predicted octanol–water partition coefficient (Wildman–Crippen LogP) is 8.73. The summed E-state index contributed by atoms with van der Waals surface area (Å²) in [5, 5.41) is 22.0. The van der Waals surface area contributed by atoms with Gasteiger partial charge in [-0.25, -0.2) is 9.78 Å². The van der Waals surface area contributed by atoms with Crippen LogP contribution in [0.1, 0.15) is 80.8 Å². The Labute approximate surface area is 476 Å². The van der Waals surface area contributed by atoms with Gasteiger partial charge in [-0.15, -0.1) is 11.3 Å². The molecule has 1 aromatic heterocycles. The summed E-state index contributed by atoms with van der Waals surface area (Å²) in [7, 11) is 1.30. The van der Waals surface area contributed by atoms with Crippen LogP contribution in [0.15, 0.2) is 71.1 Å². The van der Waals surface area contributed by atoms with Gasteiger partial charge in [0.25, 0.3) is 17.1 Å². The van der Waals surface area contributed by atoms with Crippen LogP contribution in [0.4, 0.5) is 18.0 Å². The van der Waals surface area contributed by atoms with Crippen molar-refractivity contribution in [3.05, 3.63) is 99.0 Å². The number of alkyl halides is 3. The largest absolute Gasteiger partial charge is 0.493 e. The molecular weight excluding hydrogens is 1100 g/mol. The van der Waals surface area contributed by atoms with E-state index in [2.05, 4.69) is 10.3 Å². The van der Waals surface area contributed by atoms with Crippen LogP contribution in [0, 0.1) is 23.7 Å². The number of β-amino-alcohol motifs (C(OH)–C–C–N with tert-alkyl or cyclic N) is 1. The van der Waals surface area contributed by atoms with Crippen molar-refractivity contribution in [2.45, 2.75) is 90.8 Å². The lowest BCUT2D eigenvalue weighted by Gasteiger charge is -2.34. The third-order valence-electron chi connectivity index (χ3n) is 12.6. The Kier molecular flexibility index (Phi) is 24.5. The van der Waals surface area contributed by atoms with E-state index in [1.165, 1.54) is 42.4 Å². The highest BCUT2D eigenvalue weighted by molar-refractivity contribution is 8.18. The second kappa shape index (κ2) is 31.1. The summed E-state index contributed by atoms with van der Waals surface area (Å²) in [6, 6.07) is 15.8. The summed E-state index contributed by atoms with van der Waals surface area (Å²) in [6.45, 7) is 10.2. The molecule has 2 N–H and O–H groups in total. The molecule has 0 spiro atoms. The number of nitrogens with zero attached hydrogens (tertiary/aromatic N) is 4. The number of benzene rings is 3. The number of aliphatic hydroxyl groups is 1. The number of likely N-dealkylation sites (tertiary alicyclic amines) is 1. The molecule has 4 amide bonds. The SMILES string of the molecule is COc1cc(/C=C2\SC(=O)N(CCOCCOCCCCOCCCCOCCOCC(=O)O[C@H](C(=O)N3C[C@H](O)CC3C(=O)NCc3ccc(-c4scnc4C)cc3)C(C)(C)C)C2=O)ccc1Oc1ccc(C#N)cc1C(F)(F)F. The first-order valence-corrected chi connectivity index (χ1v) is 28.0. The van der Waals surface area contributed by atoms with Crippen LogP contribution in [0.2, 0.25) is 0 Å². The average Bonchev–Trinajstić information content (AvgIpc) is 4.16. The highest BCUT2D eigenvalue weighted by Crippen LogP contribution is 2.42. The zero-order valence-corrected chi connectivity index (χ0v) is 47.5. The van der Waals surface area contributed by atoms with Crippen molar-refractivity contribution in [1.29, 1.82) is 5.26 Å². The third-order valence-corrected chi connectivity index (χ3v) is 14.5. The van der Waals surface area contributed by atoms with Crippen molar-refractivity contribution in [3.63, 3.8) is 0 Å². The number of aryl methyl sites for hydroxylation is 1. The summed E-state index contributed by atoms with van der Waals surface area (Å²) in [5.74, 6) is -2.72. The smallest absolute Gasteiger partial charge is 0.420 e. The summed E-state index contributed by atoms with van der Waals surface area (Å²) in [6.07, 6.45) is -2.28. The molecule has 24 heteroatoms. The van der Waals surface area contributed by atoms with Crippen molar-refractivity contribution in [1.82, 2.24) is 20.1 Å². The molecule has 19 nitrogen and oxygen atoms in total. The molecule has 2 aliphatic heterocycles. The van der Waals surface area contributed by atoms with Gasteiger partial charge in [0.05, 0.1) is 91.0 Å². The second-order valence-electron chi connectivity index (χ2n) is 19.9. The maximum atomic E-state index is 13.9. The molecule has 1 unspecified atom stereocenters. The molecule has 0 radical (unpaired) electrons. The molecule has 2 aliphatic rings. The summed E-state index contributed by atoms with van der Waals surface area (Å²) in [4.78, 5) is 73.7. The van der Waals surface area contributed by atoms with Gasteiger partial charge in [0.2, 0.25) is 5.91 Å². The fourth-order valence-electron chi connectivity index (χ4n) is 8.38. The lowest BCUT2D eigenvalue weighted by Crippen LogP contribution is -2.53. The number of methoxy groups -OCH3 is 1. The van der Waals surface area contributed by atoms with Crippen LogP contribution >= 0.6 is 23.1 Å². The molecule has 6 rings (SSSR count). The van der Waals surface area contributed by atoms with Crippen LogP contribution in [-0.4, -0.2) is 153 Å². The van der Waals surface area contributed by atoms with Gasteiger partial charge >= 0.3 is 12.1 Å². The number of imide groups is 1. The van der Waals surface area contributed by atoms with E-state index >= 15 is 0 Å². The number of amides is 4. The van der Waals surface area contributed by atoms with Crippen molar-refractivity contribution in [2.75, 3.05) is 86.3 Å². The summed E-state index contributed by atoms with van der Waals surface area (Å²) in [5.41, 5.74) is 2.95. The summed E-state index contributed by atoms with van der Waals surface area (Å²) >= 11 is 2.30. The number of aliphatic hydroxyl groups excluding tert-OH is 1. The van der Waals surface area contributed by atoms with E-state index in [0.29, 0.717) is 44.7 Å². The lowest BCUT2D eigenvalue weighted by molar-refractivity contribution is -0.172. The van der Waals surface area contributed by atoms with E-state index in [1.54, 1.807) is 43.7 Å². The molecule has 81 heavy (non-hydrogen) atoms. The molecule has 4 aromatic rings. The number of thiazole rings is 1. The number of nitrogens with one attached hydrogen (secondary N) is 1.